The minimum atomic E-state index is -4.13. The van der Waals surface area contributed by atoms with Gasteiger partial charge < -0.3 is 0 Å². The van der Waals surface area contributed by atoms with Gasteiger partial charge in [-0.3, -0.25) is 4.79 Å². The normalized spacial score (nSPS) is 25.9. The first-order chi connectivity index (χ1) is 7.92. The van der Waals surface area contributed by atoms with Crippen molar-refractivity contribution in [2.24, 2.45) is 11.8 Å². The molecule has 1 aliphatic carbocycles. The summed E-state index contributed by atoms with van der Waals surface area (Å²) < 4.78 is 35.9. The van der Waals surface area contributed by atoms with Crippen LogP contribution in [0.15, 0.2) is 0 Å². The molecular formula is C13H21F3O. The fraction of sp³-hybridized carbons (Fsp3) is 0.923. The lowest BCUT2D eigenvalue weighted by Gasteiger charge is -2.27. The molecule has 2 atom stereocenters. The second kappa shape index (κ2) is 6.41. The molecule has 1 saturated carbocycles. The Balaban J connectivity index is 2.27. The summed E-state index contributed by atoms with van der Waals surface area (Å²) in [6.07, 6.45) is 0.156. The lowest BCUT2D eigenvalue weighted by molar-refractivity contribution is -0.138. The molecule has 1 aliphatic rings. The topological polar surface area (TPSA) is 17.1 Å². The molecule has 0 aliphatic heterocycles. The Kier molecular flexibility index (Phi) is 5.47. The molecule has 1 fully saturated rings. The van der Waals surface area contributed by atoms with Gasteiger partial charge in [0.15, 0.2) is 0 Å². The van der Waals surface area contributed by atoms with Crippen LogP contribution < -0.4 is 0 Å². The number of hydrogen-bond donors (Lipinski definition) is 0. The van der Waals surface area contributed by atoms with E-state index in [1.54, 1.807) is 0 Å². The minimum Gasteiger partial charge on any atom is -0.299 e. The number of halogens is 3. The number of alkyl halides is 3. The molecule has 0 aromatic rings. The summed E-state index contributed by atoms with van der Waals surface area (Å²) in [7, 11) is 0. The van der Waals surface area contributed by atoms with E-state index in [4.69, 9.17) is 0 Å². The van der Waals surface area contributed by atoms with Gasteiger partial charge >= 0.3 is 6.18 Å². The standard InChI is InChI=1S/C13H21F3O/c1-2-10-5-3-6-11(9-10)12(17)7-4-8-13(14,15)16/h10-11H,2-9H2,1H3. The van der Waals surface area contributed by atoms with Gasteiger partial charge in [-0.05, 0) is 25.2 Å². The Morgan fingerprint density at radius 2 is 2.00 bits per heavy atom. The first kappa shape index (κ1) is 14.5. The lowest BCUT2D eigenvalue weighted by atomic mass is 9.77. The fourth-order valence-corrected chi connectivity index (χ4v) is 2.62. The van der Waals surface area contributed by atoms with Crippen molar-refractivity contribution in [2.75, 3.05) is 0 Å². The number of rotatable bonds is 5. The van der Waals surface area contributed by atoms with Crippen LogP contribution in [0.3, 0.4) is 0 Å². The molecule has 0 heterocycles. The molecule has 1 rings (SSSR count). The molecule has 0 radical (unpaired) electrons. The molecule has 0 saturated heterocycles. The number of ketones is 1. The molecule has 4 heteroatoms. The predicted octanol–water partition coefficient (Wildman–Crippen LogP) is 4.50. The van der Waals surface area contributed by atoms with Crippen LogP contribution >= 0.6 is 0 Å². The third kappa shape index (κ3) is 5.55. The highest BCUT2D eigenvalue weighted by Gasteiger charge is 2.29. The maximum atomic E-state index is 12.0. The first-order valence-corrected chi connectivity index (χ1v) is 6.52. The van der Waals surface area contributed by atoms with E-state index < -0.39 is 12.6 Å². The van der Waals surface area contributed by atoms with Crippen molar-refractivity contribution in [1.29, 1.82) is 0 Å². The summed E-state index contributed by atoms with van der Waals surface area (Å²) in [4.78, 5) is 11.8. The molecule has 17 heavy (non-hydrogen) atoms. The molecule has 0 bridgehead atoms. The highest BCUT2D eigenvalue weighted by Crippen LogP contribution is 2.32. The summed E-state index contributed by atoms with van der Waals surface area (Å²) in [5.74, 6) is 0.676. The van der Waals surface area contributed by atoms with Crippen LogP contribution in [0.2, 0.25) is 0 Å². The van der Waals surface area contributed by atoms with Gasteiger partial charge in [0.1, 0.15) is 5.78 Å². The van der Waals surface area contributed by atoms with Crippen LogP contribution in [-0.2, 0) is 4.79 Å². The first-order valence-electron chi connectivity index (χ1n) is 6.52. The third-order valence-corrected chi connectivity index (χ3v) is 3.70. The Hall–Kier alpha value is -0.540. The monoisotopic (exact) mass is 250 g/mol. The van der Waals surface area contributed by atoms with Gasteiger partial charge in [-0.25, -0.2) is 0 Å². The van der Waals surface area contributed by atoms with E-state index in [0.29, 0.717) is 5.92 Å². The summed E-state index contributed by atoms with van der Waals surface area (Å²) in [5, 5.41) is 0. The number of carbonyl (C=O) groups is 1. The van der Waals surface area contributed by atoms with Crippen molar-refractivity contribution in [2.45, 2.75) is 64.5 Å². The van der Waals surface area contributed by atoms with Crippen LogP contribution in [0.5, 0.6) is 0 Å². The van der Waals surface area contributed by atoms with E-state index in [9.17, 15) is 18.0 Å². The van der Waals surface area contributed by atoms with E-state index in [2.05, 4.69) is 6.92 Å². The zero-order valence-corrected chi connectivity index (χ0v) is 10.4. The average Bonchev–Trinajstić information content (AvgIpc) is 2.27. The van der Waals surface area contributed by atoms with Crippen molar-refractivity contribution in [3.63, 3.8) is 0 Å². The highest BCUT2D eigenvalue weighted by molar-refractivity contribution is 5.81. The number of Topliss-reactive ketones (excluding diaryl/α,β-unsaturated/α-hetero) is 1. The van der Waals surface area contributed by atoms with Crippen molar-refractivity contribution in [1.82, 2.24) is 0 Å². The van der Waals surface area contributed by atoms with E-state index in [-0.39, 0.29) is 24.5 Å². The zero-order chi connectivity index (χ0) is 12.9. The second-order valence-electron chi connectivity index (χ2n) is 5.07. The van der Waals surface area contributed by atoms with Crippen molar-refractivity contribution in [3.05, 3.63) is 0 Å². The van der Waals surface area contributed by atoms with Gasteiger partial charge in [-0.15, -0.1) is 0 Å². The van der Waals surface area contributed by atoms with Crippen molar-refractivity contribution >= 4 is 5.78 Å². The summed E-state index contributed by atoms with van der Waals surface area (Å²) >= 11 is 0. The predicted molar refractivity (Wildman–Crippen MR) is 60.7 cm³/mol. The van der Waals surface area contributed by atoms with Gasteiger partial charge in [0.25, 0.3) is 0 Å². The van der Waals surface area contributed by atoms with Gasteiger partial charge in [-0.1, -0.05) is 26.2 Å². The Morgan fingerprint density at radius 1 is 1.29 bits per heavy atom. The highest BCUT2D eigenvalue weighted by atomic mass is 19.4. The molecule has 0 N–H and O–H groups in total. The van der Waals surface area contributed by atoms with Gasteiger partial charge in [0.2, 0.25) is 0 Å². The van der Waals surface area contributed by atoms with Crippen LogP contribution in [0, 0.1) is 11.8 Å². The smallest absolute Gasteiger partial charge is 0.299 e. The van der Waals surface area contributed by atoms with Gasteiger partial charge in [0, 0.05) is 18.8 Å². The van der Waals surface area contributed by atoms with Crippen LogP contribution in [0.1, 0.15) is 58.3 Å². The molecule has 1 nitrogen and oxygen atoms in total. The quantitative estimate of drug-likeness (QED) is 0.702. The largest absolute Gasteiger partial charge is 0.389 e. The third-order valence-electron chi connectivity index (χ3n) is 3.70. The zero-order valence-electron chi connectivity index (χ0n) is 10.4. The second-order valence-corrected chi connectivity index (χ2v) is 5.07. The van der Waals surface area contributed by atoms with Crippen molar-refractivity contribution in [3.8, 4) is 0 Å². The van der Waals surface area contributed by atoms with E-state index in [1.807, 2.05) is 0 Å². The Labute approximate surface area is 101 Å². The molecule has 100 valence electrons. The molecule has 2 unspecified atom stereocenters. The maximum absolute atomic E-state index is 12.0. The van der Waals surface area contributed by atoms with Gasteiger partial charge in [0.05, 0.1) is 0 Å². The summed E-state index contributed by atoms with van der Waals surface area (Å²) in [5.41, 5.74) is 0. The van der Waals surface area contributed by atoms with Crippen LogP contribution in [0.4, 0.5) is 13.2 Å². The average molecular weight is 250 g/mol. The molecule has 0 spiro atoms. The molecule has 0 amide bonds. The van der Waals surface area contributed by atoms with Gasteiger partial charge in [-0.2, -0.15) is 13.2 Å². The lowest BCUT2D eigenvalue weighted by Crippen LogP contribution is -2.23. The number of hydrogen-bond acceptors (Lipinski definition) is 1. The van der Waals surface area contributed by atoms with E-state index >= 15 is 0 Å². The van der Waals surface area contributed by atoms with E-state index in [1.165, 1.54) is 6.42 Å². The summed E-state index contributed by atoms with van der Waals surface area (Å²) in [6.45, 7) is 2.11. The Morgan fingerprint density at radius 3 is 2.59 bits per heavy atom. The minimum absolute atomic E-state index is 0.0296. The SMILES string of the molecule is CCC1CCCC(C(=O)CCCC(F)(F)F)C1. The molecule has 0 aromatic heterocycles. The van der Waals surface area contributed by atoms with Crippen LogP contribution in [-0.4, -0.2) is 12.0 Å². The number of carbonyl (C=O) groups excluding carboxylic acids is 1. The molecular weight excluding hydrogens is 229 g/mol. The van der Waals surface area contributed by atoms with Crippen molar-refractivity contribution < 1.29 is 18.0 Å². The Bertz CT molecular complexity index is 248. The maximum Gasteiger partial charge on any atom is 0.389 e. The summed E-state index contributed by atoms with van der Waals surface area (Å²) in [6, 6.07) is 0. The van der Waals surface area contributed by atoms with Crippen LogP contribution in [0.25, 0.3) is 0 Å². The molecule has 0 aromatic carbocycles. The fourth-order valence-electron chi connectivity index (χ4n) is 2.62. The van der Waals surface area contributed by atoms with E-state index in [0.717, 1.165) is 25.7 Å².